The molecule has 4 rings (SSSR count). The Labute approximate surface area is 196 Å². The number of amides is 1. The largest absolute Gasteiger partial charge is 0.349 e. The summed E-state index contributed by atoms with van der Waals surface area (Å²) in [4.78, 5) is 26.6. The molecule has 1 aliphatic carbocycles. The van der Waals surface area contributed by atoms with E-state index in [2.05, 4.69) is 12.2 Å². The molecule has 1 aromatic carbocycles. The molecule has 0 bridgehead atoms. The van der Waals surface area contributed by atoms with Crippen LogP contribution in [0.25, 0.3) is 10.9 Å². The van der Waals surface area contributed by atoms with E-state index in [4.69, 9.17) is 0 Å². The van der Waals surface area contributed by atoms with Gasteiger partial charge in [-0.15, -0.1) is 0 Å². The van der Waals surface area contributed by atoms with Crippen molar-refractivity contribution in [3.8, 4) is 0 Å². The fourth-order valence-electron chi connectivity index (χ4n) is 5.17. The third kappa shape index (κ3) is 4.87. The minimum atomic E-state index is -3.69. The lowest BCUT2D eigenvalue weighted by Gasteiger charge is -2.29. The summed E-state index contributed by atoms with van der Waals surface area (Å²) in [7, 11) is -3.69. The van der Waals surface area contributed by atoms with E-state index in [0.29, 0.717) is 31.1 Å². The van der Waals surface area contributed by atoms with Crippen LogP contribution in [-0.2, 0) is 16.6 Å². The zero-order valence-electron chi connectivity index (χ0n) is 19.7. The fourth-order valence-corrected chi connectivity index (χ4v) is 6.71. The van der Waals surface area contributed by atoms with Crippen LogP contribution in [0.1, 0.15) is 75.6 Å². The molecule has 8 heteroatoms. The first-order valence-electron chi connectivity index (χ1n) is 12.3. The molecule has 180 valence electrons. The van der Waals surface area contributed by atoms with E-state index >= 15 is 0 Å². The summed E-state index contributed by atoms with van der Waals surface area (Å²) in [5.74, 6) is 0.00514. The minimum Gasteiger partial charge on any atom is -0.349 e. The fraction of sp³-hybridized carbons (Fsp3) is 0.600. The van der Waals surface area contributed by atoms with Gasteiger partial charge in [-0.2, -0.15) is 4.31 Å². The smallest absolute Gasteiger partial charge is 0.256 e. The molecule has 0 spiro atoms. The Hall–Kier alpha value is -2.19. The van der Waals surface area contributed by atoms with Crippen molar-refractivity contribution in [1.82, 2.24) is 14.2 Å². The van der Waals surface area contributed by atoms with Gasteiger partial charge in [0, 0.05) is 37.3 Å². The quantitative estimate of drug-likeness (QED) is 0.713. The van der Waals surface area contributed by atoms with Gasteiger partial charge in [-0.25, -0.2) is 8.42 Å². The Kier molecular flexibility index (Phi) is 7.24. The topological polar surface area (TPSA) is 88.5 Å². The lowest BCUT2D eigenvalue weighted by atomic mass is 9.86. The number of sulfonamides is 1. The Bertz CT molecular complexity index is 1180. The molecular formula is C25H35N3O4S. The van der Waals surface area contributed by atoms with Crippen molar-refractivity contribution < 1.29 is 13.2 Å². The van der Waals surface area contributed by atoms with Crippen LogP contribution in [0.4, 0.5) is 0 Å². The second-order valence-corrected chi connectivity index (χ2v) is 11.4. The predicted octanol–water partition coefficient (Wildman–Crippen LogP) is 3.89. The molecule has 1 amide bonds. The number of hydrogen-bond donors (Lipinski definition) is 1. The highest BCUT2D eigenvalue weighted by molar-refractivity contribution is 7.89. The van der Waals surface area contributed by atoms with Crippen molar-refractivity contribution in [2.45, 2.75) is 82.7 Å². The van der Waals surface area contributed by atoms with E-state index in [1.54, 1.807) is 18.3 Å². The van der Waals surface area contributed by atoms with Gasteiger partial charge in [0.2, 0.25) is 15.5 Å². The molecule has 2 aliphatic rings. The second kappa shape index (κ2) is 9.97. The molecule has 2 atom stereocenters. The maximum absolute atomic E-state index is 13.4. The van der Waals surface area contributed by atoms with Crippen LogP contribution < -0.4 is 10.7 Å². The van der Waals surface area contributed by atoms with Crippen molar-refractivity contribution in [1.29, 1.82) is 0 Å². The normalized spacial score (nSPS) is 22.7. The zero-order valence-corrected chi connectivity index (χ0v) is 20.5. The average Bonchev–Trinajstić information content (AvgIpc) is 3.11. The van der Waals surface area contributed by atoms with Gasteiger partial charge in [0.25, 0.3) is 5.91 Å². The van der Waals surface area contributed by atoms with Crippen LogP contribution in [0, 0.1) is 5.92 Å². The average molecular weight is 474 g/mol. The summed E-state index contributed by atoms with van der Waals surface area (Å²) in [6, 6.07) is 4.79. The van der Waals surface area contributed by atoms with Gasteiger partial charge in [0.1, 0.15) is 5.56 Å². The van der Waals surface area contributed by atoms with Gasteiger partial charge >= 0.3 is 0 Å². The third-order valence-corrected chi connectivity index (χ3v) is 9.16. The first kappa shape index (κ1) is 24.0. The SMILES string of the molecule is CCn1cc(C(=O)NC2CCCCC2C)c(=O)c2cc(S(=O)(=O)N3CCCCCC3)ccc21. The zero-order chi connectivity index (χ0) is 23.6. The molecule has 7 nitrogen and oxygen atoms in total. The molecule has 1 saturated carbocycles. The summed E-state index contributed by atoms with van der Waals surface area (Å²) < 4.78 is 30.0. The van der Waals surface area contributed by atoms with E-state index < -0.39 is 15.5 Å². The number of fused-ring (bicyclic) bond motifs is 1. The van der Waals surface area contributed by atoms with Crippen LogP contribution in [0.5, 0.6) is 0 Å². The molecular weight excluding hydrogens is 438 g/mol. The number of hydrogen-bond acceptors (Lipinski definition) is 4. The Morgan fingerprint density at radius 2 is 1.76 bits per heavy atom. The number of rotatable bonds is 5. The molecule has 1 N–H and O–H groups in total. The highest BCUT2D eigenvalue weighted by Gasteiger charge is 2.28. The Balaban J connectivity index is 1.73. The van der Waals surface area contributed by atoms with Gasteiger partial charge in [-0.1, -0.05) is 32.6 Å². The number of benzene rings is 1. The van der Waals surface area contributed by atoms with Crippen LogP contribution in [0.2, 0.25) is 0 Å². The molecule has 2 aromatic rings. The van der Waals surface area contributed by atoms with Gasteiger partial charge in [-0.05, 0) is 56.7 Å². The van der Waals surface area contributed by atoms with Crippen molar-refractivity contribution in [3.63, 3.8) is 0 Å². The summed E-state index contributed by atoms with van der Waals surface area (Å²) in [6.07, 6.45) is 9.59. The number of carbonyl (C=O) groups excluding carboxylic acids is 1. The number of aromatic nitrogens is 1. The third-order valence-electron chi connectivity index (χ3n) is 7.27. The Morgan fingerprint density at radius 1 is 1.06 bits per heavy atom. The van der Waals surface area contributed by atoms with E-state index in [-0.39, 0.29) is 27.8 Å². The van der Waals surface area contributed by atoms with Gasteiger partial charge in [0.05, 0.1) is 10.4 Å². The van der Waals surface area contributed by atoms with Crippen molar-refractivity contribution in [2.24, 2.45) is 5.92 Å². The summed E-state index contributed by atoms with van der Waals surface area (Å²) in [5, 5.41) is 3.34. The highest BCUT2D eigenvalue weighted by Crippen LogP contribution is 2.25. The lowest BCUT2D eigenvalue weighted by Crippen LogP contribution is -2.42. The van der Waals surface area contributed by atoms with Crippen LogP contribution in [0.3, 0.4) is 0 Å². The van der Waals surface area contributed by atoms with Crippen LogP contribution in [-0.4, -0.2) is 42.3 Å². The second-order valence-electron chi connectivity index (χ2n) is 9.50. The van der Waals surface area contributed by atoms with Crippen molar-refractivity contribution >= 4 is 26.8 Å². The number of nitrogens with one attached hydrogen (secondary N) is 1. The van der Waals surface area contributed by atoms with Gasteiger partial charge in [0.15, 0.2) is 0 Å². The molecule has 1 aromatic heterocycles. The van der Waals surface area contributed by atoms with Crippen LogP contribution in [0.15, 0.2) is 34.1 Å². The van der Waals surface area contributed by atoms with E-state index in [0.717, 1.165) is 44.9 Å². The predicted molar refractivity (Wildman–Crippen MR) is 130 cm³/mol. The summed E-state index contributed by atoms with van der Waals surface area (Å²) >= 11 is 0. The Morgan fingerprint density at radius 3 is 2.42 bits per heavy atom. The number of aryl methyl sites for hydroxylation is 1. The standard InChI is InChI=1S/C25H35N3O4S/c1-3-27-17-21(25(30)26-22-11-7-6-10-18(22)2)24(29)20-16-19(12-13-23(20)27)33(31,32)28-14-8-4-5-9-15-28/h12-13,16-18,22H,3-11,14-15H2,1-2H3,(H,26,30). The number of carbonyl (C=O) groups is 1. The van der Waals surface area contributed by atoms with E-state index in [1.807, 2.05) is 11.5 Å². The first-order valence-corrected chi connectivity index (χ1v) is 13.7. The van der Waals surface area contributed by atoms with Crippen molar-refractivity contribution in [3.05, 3.63) is 40.2 Å². The van der Waals surface area contributed by atoms with Gasteiger partial charge in [-0.3, -0.25) is 9.59 Å². The summed E-state index contributed by atoms with van der Waals surface area (Å²) in [6.45, 7) is 5.64. The molecule has 2 heterocycles. The van der Waals surface area contributed by atoms with E-state index in [1.165, 1.54) is 16.8 Å². The highest BCUT2D eigenvalue weighted by atomic mass is 32.2. The molecule has 2 fully saturated rings. The number of pyridine rings is 1. The van der Waals surface area contributed by atoms with Crippen LogP contribution >= 0.6 is 0 Å². The molecule has 2 unspecified atom stereocenters. The molecule has 33 heavy (non-hydrogen) atoms. The molecule has 1 saturated heterocycles. The monoisotopic (exact) mass is 473 g/mol. The van der Waals surface area contributed by atoms with Crippen molar-refractivity contribution in [2.75, 3.05) is 13.1 Å². The van der Waals surface area contributed by atoms with E-state index in [9.17, 15) is 18.0 Å². The maximum Gasteiger partial charge on any atom is 0.256 e. The number of nitrogens with zero attached hydrogens (tertiary/aromatic N) is 2. The molecule has 0 radical (unpaired) electrons. The minimum absolute atomic E-state index is 0.0613. The first-order chi connectivity index (χ1) is 15.8. The lowest BCUT2D eigenvalue weighted by molar-refractivity contribution is 0.0908. The van der Waals surface area contributed by atoms with Gasteiger partial charge < -0.3 is 9.88 Å². The maximum atomic E-state index is 13.4. The summed E-state index contributed by atoms with van der Waals surface area (Å²) in [5.41, 5.74) is 0.301. The molecule has 1 aliphatic heterocycles.